The highest BCUT2D eigenvalue weighted by Crippen LogP contribution is 2.49. The van der Waals surface area contributed by atoms with E-state index in [1.165, 1.54) is 110 Å². The molecule has 53 heavy (non-hydrogen) atoms. The van der Waals surface area contributed by atoms with Crippen molar-refractivity contribution in [1.29, 1.82) is 0 Å². The zero-order valence-electron chi connectivity index (χ0n) is 29.2. The van der Waals surface area contributed by atoms with Gasteiger partial charge in [-0.25, -0.2) is 0 Å². The molecular weight excluding hydrogens is 637 g/mol. The molecule has 0 heterocycles. The minimum atomic E-state index is 1.07. The minimum Gasteiger partial charge on any atom is -0.0622 e. The normalized spacial score (nSPS) is 12.1. The van der Waals surface area contributed by atoms with Crippen LogP contribution in [0.25, 0.3) is 98.7 Å². The fraction of sp³-hybridized carbons (Fsp3) is 0.0189. The molecule has 0 nitrogen and oxygen atoms in total. The van der Waals surface area contributed by atoms with Crippen molar-refractivity contribution >= 4 is 43.1 Å². The molecule has 0 radical (unpaired) electrons. The third kappa shape index (κ3) is 4.76. The van der Waals surface area contributed by atoms with Gasteiger partial charge >= 0.3 is 0 Å². The van der Waals surface area contributed by atoms with E-state index < -0.39 is 0 Å². The summed E-state index contributed by atoms with van der Waals surface area (Å²) in [6.07, 6.45) is 1.07. The van der Waals surface area contributed by atoms with E-state index in [4.69, 9.17) is 0 Å². The molecule has 246 valence electrons. The van der Waals surface area contributed by atoms with Crippen LogP contribution in [0.3, 0.4) is 0 Å². The SMILES string of the molecule is c1ccc(-c2c3ccccc3c(-c3ccccc3)c3cc(-c4ccc5c(-c6ccccc6)c6ccccc6c(-c6cccc7c6C7)c5c4)ccc23)cc1. The first-order valence-electron chi connectivity index (χ1n) is 18.6. The van der Waals surface area contributed by atoms with Gasteiger partial charge in [0.25, 0.3) is 0 Å². The van der Waals surface area contributed by atoms with Gasteiger partial charge in [-0.3, -0.25) is 0 Å². The molecule has 0 atom stereocenters. The summed E-state index contributed by atoms with van der Waals surface area (Å²) in [6, 6.07) is 71.8. The maximum atomic E-state index is 2.47. The second-order valence-corrected chi connectivity index (χ2v) is 14.3. The summed E-state index contributed by atoms with van der Waals surface area (Å²) in [4.78, 5) is 0. The van der Waals surface area contributed by atoms with Crippen molar-refractivity contribution in [2.75, 3.05) is 0 Å². The van der Waals surface area contributed by atoms with Gasteiger partial charge in [0, 0.05) is 0 Å². The Morgan fingerprint density at radius 1 is 0.245 bits per heavy atom. The molecule has 11 rings (SSSR count). The molecule has 0 amide bonds. The number of hydrogen-bond acceptors (Lipinski definition) is 0. The average Bonchev–Trinajstić information content (AvgIpc) is 4.03. The van der Waals surface area contributed by atoms with Crippen LogP contribution >= 0.6 is 0 Å². The zero-order chi connectivity index (χ0) is 34.9. The summed E-state index contributed by atoms with van der Waals surface area (Å²) in [5.41, 5.74) is 15.7. The van der Waals surface area contributed by atoms with E-state index in [9.17, 15) is 0 Å². The second kappa shape index (κ2) is 11.9. The highest BCUT2D eigenvalue weighted by atomic mass is 14.3. The molecular formula is C53H34. The molecule has 0 aliphatic heterocycles. The van der Waals surface area contributed by atoms with Crippen LogP contribution in [-0.4, -0.2) is 0 Å². The van der Waals surface area contributed by atoms with Crippen LogP contribution in [0.4, 0.5) is 0 Å². The topological polar surface area (TPSA) is 0 Å². The lowest BCUT2D eigenvalue weighted by atomic mass is 9.83. The highest BCUT2D eigenvalue weighted by molar-refractivity contribution is 6.24. The Morgan fingerprint density at radius 3 is 1.09 bits per heavy atom. The van der Waals surface area contributed by atoms with E-state index in [1.54, 1.807) is 0 Å². The van der Waals surface area contributed by atoms with E-state index in [-0.39, 0.29) is 0 Å². The number of rotatable bonds is 5. The third-order valence-electron chi connectivity index (χ3n) is 11.4. The number of fused-ring (bicyclic) bond motifs is 5. The lowest BCUT2D eigenvalue weighted by Crippen LogP contribution is -1.93. The smallest absolute Gasteiger partial charge is 0.00137 e. The van der Waals surface area contributed by atoms with Crippen molar-refractivity contribution in [3.8, 4) is 55.6 Å². The maximum Gasteiger partial charge on any atom is -0.00137 e. The quantitative estimate of drug-likeness (QED) is 0.160. The maximum absolute atomic E-state index is 2.47. The monoisotopic (exact) mass is 670 g/mol. The molecule has 0 aromatic heterocycles. The first-order valence-corrected chi connectivity index (χ1v) is 18.6. The van der Waals surface area contributed by atoms with Gasteiger partial charge in [-0.15, -0.1) is 0 Å². The van der Waals surface area contributed by atoms with Gasteiger partial charge in [0.05, 0.1) is 0 Å². The summed E-state index contributed by atoms with van der Waals surface area (Å²) in [5, 5.41) is 10.3. The number of hydrogen-bond donors (Lipinski definition) is 0. The molecule has 0 fully saturated rings. The van der Waals surface area contributed by atoms with Gasteiger partial charge in [-0.2, -0.15) is 0 Å². The van der Waals surface area contributed by atoms with Crippen LogP contribution in [0, 0.1) is 0 Å². The van der Waals surface area contributed by atoms with Gasteiger partial charge < -0.3 is 0 Å². The van der Waals surface area contributed by atoms with Crippen molar-refractivity contribution in [2.45, 2.75) is 6.42 Å². The first kappa shape index (κ1) is 29.9. The molecule has 10 aromatic carbocycles. The van der Waals surface area contributed by atoms with Crippen LogP contribution in [0.1, 0.15) is 11.1 Å². The van der Waals surface area contributed by atoms with Gasteiger partial charge in [-0.1, -0.05) is 182 Å². The average molecular weight is 671 g/mol. The largest absolute Gasteiger partial charge is 0.0622 e. The van der Waals surface area contributed by atoms with E-state index in [1.807, 2.05) is 0 Å². The summed E-state index contributed by atoms with van der Waals surface area (Å²) < 4.78 is 0. The Kier molecular flexibility index (Phi) is 6.72. The predicted molar refractivity (Wildman–Crippen MR) is 226 cm³/mol. The van der Waals surface area contributed by atoms with Crippen molar-refractivity contribution in [1.82, 2.24) is 0 Å². The molecule has 10 aromatic rings. The zero-order valence-corrected chi connectivity index (χ0v) is 29.2. The Hall–Kier alpha value is -6.76. The van der Waals surface area contributed by atoms with Crippen LogP contribution in [0.5, 0.6) is 0 Å². The Bertz CT molecular complexity index is 3050. The molecule has 0 unspecified atom stereocenters. The summed E-state index contributed by atoms with van der Waals surface area (Å²) >= 11 is 0. The third-order valence-corrected chi connectivity index (χ3v) is 11.4. The van der Waals surface area contributed by atoms with Gasteiger partial charge in [-0.05, 0) is 128 Å². The fourth-order valence-electron chi connectivity index (χ4n) is 8.92. The van der Waals surface area contributed by atoms with Crippen LogP contribution in [0.15, 0.2) is 194 Å². The van der Waals surface area contributed by atoms with E-state index in [0.717, 1.165) is 6.42 Å². The Balaban J connectivity index is 1.23. The van der Waals surface area contributed by atoms with Crippen LogP contribution in [0.2, 0.25) is 0 Å². The highest BCUT2D eigenvalue weighted by Gasteiger charge is 2.25. The molecule has 1 aliphatic rings. The van der Waals surface area contributed by atoms with E-state index in [0.29, 0.717) is 0 Å². The number of benzene rings is 10. The summed E-state index contributed by atoms with van der Waals surface area (Å²) in [5.74, 6) is 0. The summed E-state index contributed by atoms with van der Waals surface area (Å²) in [7, 11) is 0. The Morgan fingerprint density at radius 2 is 0.623 bits per heavy atom. The lowest BCUT2D eigenvalue weighted by Gasteiger charge is -2.20. The van der Waals surface area contributed by atoms with Crippen LogP contribution in [-0.2, 0) is 6.42 Å². The second-order valence-electron chi connectivity index (χ2n) is 14.3. The van der Waals surface area contributed by atoms with Crippen molar-refractivity contribution in [3.05, 3.63) is 205 Å². The first-order chi connectivity index (χ1) is 26.3. The van der Waals surface area contributed by atoms with Crippen molar-refractivity contribution < 1.29 is 0 Å². The fourth-order valence-corrected chi connectivity index (χ4v) is 8.92. The minimum absolute atomic E-state index is 1.07. The Labute approximate surface area is 309 Å². The van der Waals surface area contributed by atoms with Crippen molar-refractivity contribution in [2.24, 2.45) is 0 Å². The molecule has 0 saturated carbocycles. The van der Waals surface area contributed by atoms with Gasteiger partial charge in [0.15, 0.2) is 0 Å². The van der Waals surface area contributed by atoms with Gasteiger partial charge in [0.2, 0.25) is 0 Å². The van der Waals surface area contributed by atoms with Crippen LogP contribution < -0.4 is 0 Å². The molecule has 0 saturated heterocycles. The molecule has 0 heteroatoms. The van der Waals surface area contributed by atoms with Crippen molar-refractivity contribution in [3.63, 3.8) is 0 Å². The predicted octanol–water partition coefficient (Wildman–Crippen LogP) is 14.5. The van der Waals surface area contributed by atoms with E-state index in [2.05, 4.69) is 194 Å². The summed E-state index contributed by atoms with van der Waals surface area (Å²) in [6.45, 7) is 0. The molecule has 1 aliphatic carbocycles. The standard InChI is InChI=1S/C53H34/c1-4-15-34(16-5-1)50-40-22-10-11-23-41(40)52(36-19-8-3-9-20-36)48-31-37(27-29-45(48)50)38-28-30-46-49(32-38)53(44-26-14-21-39-33-47(39)44)43-25-13-12-24-42(43)51(46)35-17-6-2-7-18-35/h1-32H,33H2. The molecule has 0 N–H and O–H groups in total. The molecule has 0 spiro atoms. The lowest BCUT2D eigenvalue weighted by molar-refractivity contribution is 1.60. The van der Waals surface area contributed by atoms with Gasteiger partial charge in [0.1, 0.15) is 0 Å². The molecule has 0 bridgehead atoms. The van der Waals surface area contributed by atoms with E-state index >= 15 is 0 Å².